The standard InChI is InChI=1S/C31H32ClN7O3.C7H12FN.C2H6/c1-37(21-13-15-39(17-21)27(40)12-11-26-34-29(36-42-26)20-9-10-20)30-22-14-16-38(18-24(22)33-31(35-30)41-2)25-8-4-6-19-5-3-7-23(32)28(19)25;8-6-4-7-2-1-3-9(7)5-6;1-2/h3-8,11-12,20-21H,9-10,13-18H2,1-2H3;6-7H,1-5H2;1-2H3/b12-11+;;. The first-order valence-electron chi connectivity index (χ1n) is 19.1. The van der Waals surface area contributed by atoms with Crippen LogP contribution >= 0.6 is 11.6 Å². The molecule has 2 aromatic heterocycles. The number of carbonyl (C=O) groups is 1. The first-order valence-corrected chi connectivity index (χ1v) is 19.5. The number of anilines is 2. The highest BCUT2D eigenvalue weighted by Gasteiger charge is 2.35. The van der Waals surface area contributed by atoms with E-state index in [2.05, 4.69) is 49.1 Å². The lowest BCUT2D eigenvalue weighted by Crippen LogP contribution is -2.39. The number of alkyl halides is 1. The molecule has 2 aromatic carbocycles. The number of halogens is 2. The van der Waals surface area contributed by atoms with E-state index in [4.69, 9.17) is 30.8 Å². The van der Waals surface area contributed by atoms with Gasteiger partial charge in [-0.25, -0.2) is 4.39 Å². The maximum Gasteiger partial charge on any atom is 0.318 e. The lowest BCUT2D eigenvalue weighted by Gasteiger charge is -2.34. The van der Waals surface area contributed by atoms with Crippen LogP contribution in [0.25, 0.3) is 16.8 Å². The Balaban J connectivity index is 0.000000340. The molecular formula is C40H50ClFN8O3. The molecule has 1 aliphatic carbocycles. The number of methoxy groups -OCH3 is 1. The van der Waals surface area contributed by atoms with E-state index < -0.39 is 6.17 Å². The molecule has 0 N–H and O–H groups in total. The zero-order valence-electron chi connectivity index (χ0n) is 31.2. The Morgan fingerprint density at radius 3 is 2.62 bits per heavy atom. The van der Waals surface area contributed by atoms with Gasteiger partial charge in [-0.2, -0.15) is 15.0 Å². The number of hydrogen-bond donors (Lipinski definition) is 0. The number of amides is 1. The molecule has 3 saturated heterocycles. The number of carbonyl (C=O) groups excluding carboxylic acids is 1. The van der Waals surface area contributed by atoms with Crippen LogP contribution in [0.2, 0.25) is 5.02 Å². The highest BCUT2D eigenvalue weighted by molar-refractivity contribution is 6.36. The summed E-state index contributed by atoms with van der Waals surface area (Å²) in [6.07, 6.45) is 9.77. The number of benzene rings is 2. The highest BCUT2D eigenvalue weighted by atomic mass is 35.5. The Kier molecular flexibility index (Phi) is 11.5. The number of fused-ring (bicyclic) bond motifs is 3. The van der Waals surface area contributed by atoms with E-state index in [1.807, 2.05) is 37.9 Å². The van der Waals surface area contributed by atoms with Gasteiger partial charge in [-0.1, -0.05) is 54.9 Å². The number of aromatic nitrogens is 4. The van der Waals surface area contributed by atoms with Crippen LogP contribution in [0.1, 0.15) is 81.3 Å². The van der Waals surface area contributed by atoms with E-state index in [9.17, 15) is 9.18 Å². The Morgan fingerprint density at radius 2 is 1.85 bits per heavy atom. The second-order valence-electron chi connectivity index (χ2n) is 14.3. The predicted molar refractivity (Wildman–Crippen MR) is 206 cm³/mol. The molecular weight excluding hydrogens is 695 g/mol. The summed E-state index contributed by atoms with van der Waals surface area (Å²) in [5.41, 5.74) is 3.16. The van der Waals surface area contributed by atoms with E-state index in [-0.39, 0.29) is 11.9 Å². The van der Waals surface area contributed by atoms with Gasteiger partial charge < -0.3 is 24.0 Å². The van der Waals surface area contributed by atoms with Gasteiger partial charge in [0.25, 0.3) is 5.89 Å². The summed E-state index contributed by atoms with van der Waals surface area (Å²) in [4.78, 5) is 35.5. The van der Waals surface area contributed by atoms with Crippen molar-refractivity contribution in [2.45, 2.75) is 89.5 Å². The van der Waals surface area contributed by atoms with E-state index in [1.54, 1.807) is 13.2 Å². The summed E-state index contributed by atoms with van der Waals surface area (Å²) >= 11 is 6.65. The fraction of sp³-hybridized carbons (Fsp3) is 0.525. The van der Waals surface area contributed by atoms with Crippen LogP contribution in [0.3, 0.4) is 0 Å². The molecule has 6 heterocycles. The van der Waals surface area contributed by atoms with Crippen molar-refractivity contribution in [3.63, 3.8) is 0 Å². The summed E-state index contributed by atoms with van der Waals surface area (Å²) in [6, 6.07) is 13.3. The van der Waals surface area contributed by atoms with Gasteiger partial charge >= 0.3 is 6.01 Å². The smallest absolute Gasteiger partial charge is 0.318 e. The van der Waals surface area contributed by atoms with Crippen LogP contribution < -0.4 is 14.5 Å². The predicted octanol–water partition coefficient (Wildman–Crippen LogP) is 7.08. The Hall–Kier alpha value is -4.29. The van der Waals surface area contributed by atoms with Crippen molar-refractivity contribution in [1.82, 2.24) is 29.9 Å². The third-order valence-corrected chi connectivity index (χ3v) is 11.3. The van der Waals surface area contributed by atoms with E-state index in [0.717, 1.165) is 89.6 Å². The monoisotopic (exact) mass is 744 g/mol. The molecule has 3 atom stereocenters. The largest absolute Gasteiger partial charge is 0.467 e. The number of likely N-dealkylation sites (tertiary alicyclic amines) is 1. The zero-order chi connectivity index (χ0) is 37.1. The van der Waals surface area contributed by atoms with E-state index in [0.29, 0.717) is 50.0 Å². The van der Waals surface area contributed by atoms with Crippen molar-refractivity contribution in [3.05, 3.63) is 70.5 Å². The molecule has 282 valence electrons. The molecule has 4 fully saturated rings. The SMILES string of the molecule is CC.COc1nc2c(c(N(C)C3CCN(C(=O)/C=C/c4nc(C5CC5)no4)C3)n1)CCN(c1cccc3cccc(Cl)c13)C2.FC1CC2CCCN2C1. The number of likely N-dealkylation sites (N-methyl/N-ethyl adjacent to an activating group) is 1. The Bertz CT molecular complexity index is 1920. The average molecular weight is 745 g/mol. The van der Waals surface area contributed by atoms with Gasteiger partial charge in [-0.05, 0) is 69.0 Å². The van der Waals surface area contributed by atoms with Gasteiger partial charge in [-0.3, -0.25) is 9.69 Å². The molecule has 9 rings (SSSR count). The van der Waals surface area contributed by atoms with Crippen LogP contribution in [0, 0.1) is 0 Å². The first kappa shape index (κ1) is 37.0. The van der Waals surface area contributed by atoms with Crippen molar-refractivity contribution in [1.29, 1.82) is 0 Å². The van der Waals surface area contributed by atoms with Gasteiger partial charge in [0.15, 0.2) is 5.82 Å². The first-order chi connectivity index (χ1) is 25.8. The lowest BCUT2D eigenvalue weighted by atomic mass is 10.0. The van der Waals surface area contributed by atoms with Gasteiger partial charge in [-0.15, -0.1) is 0 Å². The molecule has 1 amide bonds. The molecule has 0 spiro atoms. The van der Waals surface area contributed by atoms with Crippen LogP contribution in [-0.4, -0.2) is 101 Å². The van der Waals surface area contributed by atoms with E-state index >= 15 is 0 Å². The van der Waals surface area contributed by atoms with Crippen molar-refractivity contribution in [3.8, 4) is 6.01 Å². The summed E-state index contributed by atoms with van der Waals surface area (Å²) in [7, 11) is 3.64. The molecule has 4 aliphatic heterocycles. The minimum Gasteiger partial charge on any atom is -0.467 e. The normalized spacial score (nSPS) is 22.3. The minimum absolute atomic E-state index is 0.0660. The number of ether oxygens (including phenoxy) is 1. The summed E-state index contributed by atoms with van der Waals surface area (Å²) in [5, 5.41) is 6.92. The fourth-order valence-electron chi connectivity index (χ4n) is 8.04. The highest BCUT2D eigenvalue weighted by Crippen LogP contribution is 2.39. The Labute approximate surface area is 316 Å². The van der Waals surface area contributed by atoms with Gasteiger partial charge in [0.2, 0.25) is 5.91 Å². The van der Waals surface area contributed by atoms with Crippen molar-refractivity contribution >= 4 is 45.9 Å². The maximum atomic E-state index is 13.0. The quantitative estimate of drug-likeness (QED) is 0.182. The number of nitrogens with zero attached hydrogens (tertiary/aromatic N) is 8. The number of hydrogen-bond acceptors (Lipinski definition) is 10. The second-order valence-corrected chi connectivity index (χ2v) is 14.7. The third-order valence-electron chi connectivity index (χ3n) is 11.0. The topological polar surface area (TPSA) is 104 Å². The molecule has 53 heavy (non-hydrogen) atoms. The maximum absolute atomic E-state index is 13.0. The minimum atomic E-state index is -0.518. The molecule has 4 aromatic rings. The van der Waals surface area contributed by atoms with Crippen LogP contribution in [-0.2, 0) is 17.8 Å². The average Bonchev–Trinajstić information content (AvgIpc) is 3.51. The lowest BCUT2D eigenvalue weighted by molar-refractivity contribution is -0.124. The van der Waals surface area contributed by atoms with Crippen LogP contribution in [0.5, 0.6) is 6.01 Å². The van der Waals surface area contributed by atoms with Crippen molar-refractivity contribution in [2.75, 3.05) is 56.7 Å². The summed E-state index contributed by atoms with van der Waals surface area (Å²) in [6.45, 7) is 8.55. The van der Waals surface area contributed by atoms with Crippen LogP contribution in [0.15, 0.2) is 47.0 Å². The molecule has 0 bridgehead atoms. The van der Waals surface area contributed by atoms with E-state index in [1.165, 1.54) is 18.9 Å². The second kappa shape index (κ2) is 16.4. The molecule has 3 unspecified atom stereocenters. The van der Waals surface area contributed by atoms with Crippen molar-refractivity contribution in [2.24, 2.45) is 0 Å². The summed E-state index contributed by atoms with van der Waals surface area (Å²) in [5.74, 6) is 2.31. The van der Waals surface area contributed by atoms with Crippen LogP contribution in [0.4, 0.5) is 15.9 Å². The fourth-order valence-corrected chi connectivity index (χ4v) is 8.32. The van der Waals surface area contributed by atoms with Gasteiger partial charge in [0.1, 0.15) is 12.0 Å². The molecule has 13 heteroatoms. The molecule has 11 nitrogen and oxygen atoms in total. The van der Waals surface area contributed by atoms with Gasteiger partial charge in [0.05, 0.1) is 24.4 Å². The van der Waals surface area contributed by atoms with Gasteiger partial charge in [0, 0.05) is 80.0 Å². The number of rotatable bonds is 7. The molecule has 1 saturated carbocycles. The zero-order valence-corrected chi connectivity index (χ0v) is 31.9. The Morgan fingerprint density at radius 1 is 1.04 bits per heavy atom. The summed E-state index contributed by atoms with van der Waals surface area (Å²) < 4.78 is 23.4. The van der Waals surface area contributed by atoms with Crippen molar-refractivity contribution < 1.29 is 18.4 Å². The molecule has 0 radical (unpaired) electrons. The third kappa shape index (κ3) is 8.13. The molecule has 5 aliphatic rings.